The Balaban J connectivity index is 2.16. The van der Waals surface area contributed by atoms with E-state index in [9.17, 15) is 4.79 Å². The van der Waals surface area contributed by atoms with E-state index in [4.69, 9.17) is 0 Å². The van der Waals surface area contributed by atoms with E-state index in [0.29, 0.717) is 5.82 Å². The zero-order valence-corrected chi connectivity index (χ0v) is 10.9. The number of aromatic nitrogens is 2. The first kappa shape index (κ1) is 12.4. The highest BCUT2D eigenvalue weighted by molar-refractivity contribution is 5.37. The molecule has 20 heavy (non-hydrogen) atoms. The summed E-state index contributed by atoms with van der Waals surface area (Å²) >= 11 is 0. The Morgan fingerprint density at radius 1 is 0.800 bits per heavy atom. The fourth-order valence-corrected chi connectivity index (χ4v) is 2.33. The third-order valence-corrected chi connectivity index (χ3v) is 3.23. The molecule has 0 atom stereocenters. The van der Waals surface area contributed by atoms with Gasteiger partial charge in [-0.05, 0) is 11.1 Å². The van der Waals surface area contributed by atoms with E-state index in [0.717, 1.165) is 11.1 Å². The summed E-state index contributed by atoms with van der Waals surface area (Å²) in [5, 5.41) is 0. The van der Waals surface area contributed by atoms with Crippen LogP contribution in [0.1, 0.15) is 22.9 Å². The predicted molar refractivity (Wildman–Crippen MR) is 78.7 cm³/mol. The molecule has 0 spiro atoms. The number of hydrogen-bond donors (Lipinski definition) is 1. The zero-order chi connectivity index (χ0) is 13.8. The van der Waals surface area contributed by atoms with Gasteiger partial charge in [0.25, 0.3) is 5.56 Å². The molecule has 0 fully saturated rings. The highest BCUT2D eigenvalue weighted by Crippen LogP contribution is 2.28. The lowest BCUT2D eigenvalue weighted by Gasteiger charge is -2.16. The molecular weight excluding hydrogens is 248 g/mol. The van der Waals surface area contributed by atoms with Crippen LogP contribution in [-0.2, 0) is 0 Å². The quantitative estimate of drug-likeness (QED) is 0.788. The van der Waals surface area contributed by atoms with Gasteiger partial charge in [-0.1, -0.05) is 60.7 Å². The van der Waals surface area contributed by atoms with Crippen LogP contribution in [0.4, 0.5) is 0 Å². The second-order valence-corrected chi connectivity index (χ2v) is 4.57. The van der Waals surface area contributed by atoms with Crippen molar-refractivity contribution in [2.75, 3.05) is 0 Å². The molecule has 3 aromatic rings. The van der Waals surface area contributed by atoms with Crippen molar-refractivity contribution in [1.29, 1.82) is 0 Å². The lowest BCUT2D eigenvalue weighted by molar-refractivity contribution is 0.842. The highest BCUT2D eigenvalue weighted by atomic mass is 16.1. The van der Waals surface area contributed by atoms with Gasteiger partial charge in [-0.2, -0.15) is 0 Å². The molecule has 0 amide bonds. The standard InChI is InChI=1S/C17H14N2O/c20-15-11-12-18-17(19-15)16(13-7-3-1-4-8-13)14-9-5-2-6-10-14/h1-12,16H,(H,18,19,20). The summed E-state index contributed by atoms with van der Waals surface area (Å²) in [6.07, 6.45) is 1.55. The van der Waals surface area contributed by atoms with Gasteiger partial charge < -0.3 is 4.98 Å². The number of rotatable bonds is 3. The second kappa shape index (κ2) is 5.53. The molecule has 1 heterocycles. The Morgan fingerprint density at radius 3 is 1.85 bits per heavy atom. The van der Waals surface area contributed by atoms with Crippen LogP contribution in [0.25, 0.3) is 0 Å². The van der Waals surface area contributed by atoms with E-state index in [1.807, 2.05) is 60.7 Å². The topological polar surface area (TPSA) is 45.8 Å². The maximum atomic E-state index is 11.6. The first-order valence-electron chi connectivity index (χ1n) is 6.50. The maximum Gasteiger partial charge on any atom is 0.250 e. The van der Waals surface area contributed by atoms with Crippen LogP contribution in [0.15, 0.2) is 77.7 Å². The smallest absolute Gasteiger partial charge is 0.250 e. The van der Waals surface area contributed by atoms with Crippen molar-refractivity contribution in [2.24, 2.45) is 0 Å². The Bertz CT molecular complexity index is 696. The molecule has 2 aromatic carbocycles. The van der Waals surface area contributed by atoms with Crippen LogP contribution in [0.2, 0.25) is 0 Å². The lowest BCUT2D eigenvalue weighted by Crippen LogP contribution is -2.14. The molecule has 0 aliphatic heterocycles. The van der Waals surface area contributed by atoms with Crippen molar-refractivity contribution < 1.29 is 0 Å². The fraction of sp³-hybridized carbons (Fsp3) is 0.0588. The Morgan fingerprint density at radius 2 is 1.35 bits per heavy atom. The van der Waals surface area contributed by atoms with E-state index in [1.165, 1.54) is 6.07 Å². The Kier molecular flexibility index (Phi) is 3.42. The number of nitrogens with one attached hydrogen (secondary N) is 1. The van der Waals surface area contributed by atoms with E-state index >= 15 is 0 Å². The van der Waals surface area contributed by atoms with Crippen LogP contribution >= 0.6 is 0 Å². The number of H-pyrrole nitrogens is 1. The summed E-state index contributed by atoms with van der Waals surface area (Å²) in [6, 6.07) is 21.5. The minimum Gasteiger partial charge on any atom is -0.310 e. The van der Waals surface area contributed by atoms with Crippen molar-refractivity contribution in [1.82, 2.24) is 9.97 Å². The van der Waals surface area contributed by atoms with E-state index < -0.39 is 0 Å². The lowest BCUT2D eigenvalue weighted by atomic mass is 9.90. The van der Waals surface area contributed by atoms with Crippen molar-refractivity contribution in [3.8, 4) is 0 Å². The van der Waals surface area contributed by atoms with Gasteiger partial charge in [0.2, 0.25) is 0 Å². The van der Waals surface area contributed by atoms with Crippen LogP contribution in [0.3, 0.4) is 0 Å². The van der Waals surface area contributed by atoms with E-state index in [-0.39, 0.29) is 11.5 Å². The van der Waals surface area contributed by atoms with Gasteiger partial charge in [-0.15, -0.1) is 0 Å². The summed E-state index contributed by atoms with van der Waals surface area (Å²) in [4.78, 5) is 18.7. The van der Waals surface area contributed by atoms with Gasteiger partial charge in [-0.3, -0.25) is 4.79 Å². The molecule has 3 nitrogen and oxygen atoms in total. The first-order chi connectivity index (χ1) is 9.84. The SMILES string of the molecule is O=c1ccnc(C(c2ccccc2)c2ccccc2)[nH]1. The predicted octanol–water partition coefficient (Wildman–Crippen LogP) is 2.95. The molecule has 0 aliphatic carbocycles. The summed E-state index contributed by atoms with van der Waals surface area (Å²) in [6.45, 7) is 0. The minimum atomic E-state index is -0.133. The van der Waals surface area contributed by atoms with Gasteiger partial charge >= 0.3 is 0 Å². The van der Waals surface area contributed by atoms with Crippen LogP contribution in [-0.4, -0.2) is 9.97 Å². The molecule has 3 heteroatoms. The molecular formula is C17H14N2O. The molecule has 0 bridgehead atoms. The molecule has 0 saturated carbocycles. The average molecular weight is 262 g/mol. The third kappa shape index (κ3) is 2.52. The normalized spacial score (nSPS) is 10.7. The van der Waals surface area contributed by atoms with Gasteiger partial charge in [0, 0.05) is 12.3 Å². The molecule has 0 unspecified atom stereocenters. The van der Waals surface area contributed by atoms with Crippen molar-refractivity contribution in [3.05, 3.63) is 100 Å². The molecule has 0 radical (unpaired) electrons. The molecule has 0 saturated heterocycles. The highest BCUT2D eigenvalue weighted by Gasteiger charge is 2.18. The summed E-state index contributed by atoms with van der Waals surface area (Å²) in [5.74, 6) is 0.598. The van der Waals surface area contributed by atoms with Gasteiger partial charge in [0.05, 0.1) is 5.92 Å². The molecule has 1 aromatic heterocycles. The van der Waals surface area contributed by atoms with Crippen molar-refractivity contribution in [2.45, 2.75) is 5.92 Å². The van der Waals surface area contributed by atoms with E-state index in [2.05, 4.69) is 9.97 Å². The molecule has 1 N–H and O–H groups in total. The molecule has 98 valence electrons. The monoisotopic (exact) mass is 262 g/mol. The fourth-order valence-electron chi connectivity index (χ4n) is 2.33. The largest absolute Gasteiger partial charge is 0.310 e. The van der Waals surface area contributed by atoms with Crippen LogP contribution in [0.5, 0.6) is 0 Å². The number of benzene rings is 2. The average Bonchev–Trinajstić information content (AvgIpc) is 2.50. The molecule has 3 rings (SSSR count). The van der Waals surface area contributed by atoms with Crippen molar-refractivity contribution in [3.63, 3.8) is 0 Å². The second-order valence-electron chi connectivity index (χ2n) is 4.57. The Hall–Kier alpha value is -2.68. The van der Waals surface area contributed by atoms with Gasteiger partial charge in [-0.25, -0.2) is 4.98 Å². The maximum absolute atomic E-state index is 11.6. The zero-order valence-electron chi connectivity index (χ0n) is 10.9. The number of nitrogens with zero attached hydrogens (tertiary/aromatic N) is 1. The summed E-state index contributed by atoms with van der Waals surface area (Å²) in [5.41, 5.74) is 2.08. The van der Waals surface area contributed by atoms with Gasteiger partial charge in [0.1, 0.15) is 5.82 Å². The van der Waals surface area contributed by atoms with Gasteiger partial charge in [0.15, 0.2) is 0 Å². The minimum absolute atomic E-state index is 0.0636. The van der Waals surface area contributed by atoms with E-state index in [1.54, 1.807) is 6.20 Å². The number of hydrogen-bond acceptors (Lipinski definition) is 2. The number of aromatic amines is 1. The molecule has 0 aliphatic rings. The Labute approximate surface area is 117 Å². The first-order valence-corrected chi connectivity index (χ1v) is 6.50. The summed E-state index contributed by atoms with van der Waals surface area (Å²) < 4.78 is 0. The van der Waals surface area contributed by atoms with Crippen LogP contribution < -0.4 is 5.56 Å². The third-order valence-electron chi connectivity index (χ3n) is 3.23. The van der Waals surface area contributed by atoms with Crippen LogP contribution in [0, 0.1) is 0 Å². The van der Waals surface area contributed by atoms with Crippen molar-refractivity contribution >= 4 is 0 Å². The summed E-state index contributed by atoms with van der Waals surface area (Å²) in [7, 11) is 0.